The molecule has 0 aliphatic rings. The Balaban J connectivity index is 2.40. The quantitative estimate of drug-likeness (QED) is 0.876. The zero-order valence-corrected chi connectivity index (χ0v) is 13.7. The molecule has 1 N–H and O–H groups in total. The summed E-state index contributed by atoms with van der Waals surface area (Å²) < 4.78 is 5.38. The number of carbonyl (C=O) groups excluding carboxylic acids is 1. The van der Waals surface area contributed by atoms with E-state index in [4.69, 9.17) is 4.74 Å². The molecule has 0 saturated heterocycles. The lowest BCUT2D eigenvalue weighted by Crippen LogP contribution is -2.40. The topological polar surface area (TPSA) is 54.5 Å². The Labute approximate surface area is 127 Å². The number of aromatic nitrogens is 1. The highest BCUT2D eigenvalue weighted by molar-refractivity contribution is 5.68. The molecule has 1 rings (SSSR count). The Morgan fingerprint density at radius 3 is 2.71 bits per heavy atom. The van der Waals surface area contributed by atoms with Gasteiger partial charge in [-0.05, 0) is 46.2 Å². The van der Waals surface area contributed by atoms with Crippen molar-refractivity contribution < 1.29 is 9.53 Å². The predicted molar refractivity (Wildman–Crippen MR) is 84.1 cm³/mol. The van der Waals surface area contributed by atoms with E-state index in [1.165, 1.54) is 0 Å². The molecule has 0 aliphatic heterocycles. The van der Waals surface area contributed by atoms with Gasteiger partial charge in [-0.3, -0.25) is 4.98 Å². The molecule has 1 unspecified atom stereocenters. The van der Waals surface area contributed by atoms with Crippen LogP contribution in [0.2, 0.25) is 0 Å². The molecule has 0 radical (unpaired) electrons. The molecule has 1 amide bonds. The highest BCUT2D eigenvalue weighted by Crippen LogP contribution is 2.11. The molecular weight excluding hydrogens is 266 g/mol. The van der Waals surface area contributed by atoms with Crippen LogP contribution in [-0.4, -0.2) is 41.2 Å². The van der Waals surface area contributed by atoms with Gasteiger partial charge in [-0.25, -0.2) is 4.79 Å². The molecule has 0 bridgehead atoms. The number of pyridine rings is 1. The van der Waals surface area contributed by atoms with Crippen LogP contribution in [-0.2, 0) is 4.74 Å². The van der Waals surface area contributed by atoms with Gasteiger partial charge in [-0.15, -0.1) is 0 Å². The molecule has 1 atom stereocenters. The minimum absolute atomic E-state index is 0.205. The average Bonchev–Trinajstić information content (AvgIpc) is 2.42. The van der Waals surface area contributed by atoms with Gasteiger partial charge in [-0.1, -0.05) is 6.07 Å². The average molecular weight is 293 g/mol. The van der Waals surface area contributed by atoms with Crippen LogP contribution in [0.15, 0.2) is 24.5 Å². The maximum absolute atomic E-state index is 12.0. The molecule has 1 aromatic heterocycles. The lowest BCUT2D eigenvalue weighted by atomic mass is 10.1. The van der Waals surface area contributed by atoms with E-state index in [-0.39, 0.29) is 12.1 Å². The van der Waals surface area contributed by atoms with E-state index in [9.17, 15) is 4.79 Å². The maximum atomic E-state index is 12.0. The molecule has 0 aromatic carbocycles. The molecule has 5 nitrogen and oxygen atoms in total. The van der Waals surface area contributed by atoms with Crippen LogP contribution in [0.25, 0.3) is 0 Å². The number of likely N-dealkylation sites (N-methyl/N-ethyl adjacent to an activating group) is 1. The smallest absolute Gasteiger partial charge is 0.410 e. The summed E-state index contributed by atoms with van der Waals surface area (Å²) in [5, 5.41) is 3.39. The molecule has 0 spiro atoms. The van der Waals surface area contributed by atoms with Crippen LogP contribution in [0, 0.1) is 0 Å². The largest absolute Gasteiger partial charge is 0.444 e. The third-order valence-corrected chi connectivity index (χ3v) is 3.05. The van der Waals surface area contributed by atoms with Crippen molar-refractivity contribution in [1.29, 1.82) is 0 Å². The minimum atomic E-state index is -0.457. The van der Waals surface area contributed by atoms with E-state index >= 15 is 0 Å². The number of hydrogen-bond donors (Lipinski definition) is 1. The summed E-state index contributed by atoms with van der Waals surface area (Å²) in [5.41, 5.74) is 0.679. The van der Waals surface area contributed by atoms with Crippen LogP contribution < -0.4 is 5.32 Å². The SMILES string of the molecule is CCN(CCNC(C)c1cccnc1)C(=O)OC(C)(C)C. The van der Waals surface area contributed by atoms with Gasteiger partial charge < -0.3 is 15.0 Å². The monoisotopic (exact) mass is 293 g/mol. The highest BCUT2D eigenvalue weighted by atomic mass is 16.6. The molecule has 5 heteroatoms. The van der Waals surface area contributed by atoms with Crippen molar-refractivity contribution in [3.8, 4) is 0 Å². The zero-order valence-electron chi connectivity index (χ0n) is 13.7. The summed E-state index contributed by atoms with van der Waals surface area (Å²) in [6, 6.07) is 4.17. The van der Waals surface area contributed by atoms with Crippen LogP contribution >= 0.6 is 0 Å². The number of carbonyl (C=O) groups is 1. The maximum Gasteiger partial charge on any atom is 0.410 e. The van der Waals surface area contributed by atoms with Gasteiger partial charge in [0.05, 0.1) is 0 Å². The standard InChI is InChI=1S/C16H27N3O2/c1-6-19(15(20)21-16(3,4)5)11-10-18-13(2)14-8-7-9-17-12-14/h7-9,12-13,18H,6,10-11H2,1-5H3. The second kappa shape index (κ2) is 7.98. The first-order valence-electron chi connectivity index (χ1n) is 7.44. The Bertz CT molecular complexity index is 429. The highest BCUT2D eigenvalue weighted by Gasteiger charge is 2.20. The summed E-state index contributed by atoms with van der Waals surface area (Å²) in [7, 11) is 0. The fourth-order valence-corrected chi connectivity index (χ4v) is 1.87. The first-order chi connectivity index (χ1) is 9.83. The normalized spacial score (nSPS) is 12.8. The Hall–Kier alpha value is -1.62. The lowest BCUT2D eigenvalue weighted by Gasteiger charge is -2.27. The van der Waals surface area contributed by atoms with E-state index in [0.29, 0.717) is 19.6 Å². The van der Waals surface area contributed by atoms with Crippen molar-refractivity contribution in [2.75, 3.05) is 19.6 Å². The number of hydrogen-bond acceptors (Lipinski definition) is 4. The molecule has 0 aliphatic carbocycles. The van der Waals surface area contributed by atoms with Gasteiger partial charge in [0.1, 0.15) is 5.60 Å². The molecular formula is C16H27N3O2. The van der Waals surface area contributed by atoms with E-state index in [0.717, 1.165) is 5.56 Å². The fraction of sp³-hybridized carbons (Fsp3) is 0.625. The van der Waals surface area contributed by atoms with Gasteiger partial charge in [0.15, 0.2) is 0 Å². The zero-order chi connectivity index (χ0) is 15.9. The summed E-state index contributed by atoms with van der Waals surface area (Å²) in [6.07, 6.45) is 3.35. The third kappa shape index (κ3) is 6.58. The third-order valence-electron chi connectivity index (χ3n) is 3.05. The number of nitrogens with one attached hydrogen (secondary N) is 1. The molecule has 1 aromatic rings. The van der Waals surface area contributed by atoms with Crippen molar-refractivity contribution in [1.82, 2.24) is 15.2 Å². The van der Waals surface area contributed by atoms with Crippen molar-refractivity contribution in [2.45, 2.75) is 46.3 Å². The summed E-state index contributed by atoms with van der Waals surface area (Å²) >= 11 is 0. The fourth-order valence-electron chi connectivity index (χ4n) is 1.87. The van der Waals surface area contributed by atoms with Crippen LogP contribution in [0.5, 0.6) is 0 Å². The lowest BCUT2D eigenvalue weighted by molar-refractivity contribution is 0.0261. The number of rotatable bonds is 6. The van der Waals surface area contributed by atoms with E-state index in [1.807, 2.05) is 46.0 Å². The second-order valence-corrected chi connectivity index (χ2v) is 6.02. The van der Waals surface area contributed by atoms with Gasteiger partial charge in [0.25, 0.3) is 0 Å². The molecule has 21 heavy (non-hydrogen) atoms. The van der Waals surface area contributed by atoms with Crippen molar-refractivity contribution in [3.63, 3.8) is 0 Å². The van der Waals surface area contributed by atoms with Crippen LogP contribution in [0.4, 0.5) is 4.79 Å². The molecule has 0 saturated carbocycles. The Kier molecular flexibility index (Phi) is 6.62. The number of amides is 1. The minimum Gasteiger partial charge on any atom is -0.444 e. The van der Waals surface area contributed by atoms with E-state index in [2.05, 4.69) is 17.2 Å². The molecule has 1 heterocycles. The molecule has 118 valence electrons. The van der Waals surface area contributed by atoms with Gasteiger partial charge in [-0.2, -0.15) is 0 Å². The summed E-state index contributed by atoms with van der Waals surface area (Å²) in [5.74, 6) is 0. The predicted octanol–water partition coefficient (Wildman–Crippen LogP) is 2.99. The van der Waals surface area contributed by atoms with Crippen LogP contribution in [0.3, 0.4) is 0 Å². The number of nitrogens with zero attached hydrogens (tertiary/aromatic N) is 2. The van der Waals surface area contributed by atoms with Gasteiger partial charge >= 0.3 is 6.09 Å². The summed E-state index contributed by atoms with van der Waals surface area (Å²) in [4.78, 5) is 17.8. The van der Waals surface area contributed by atoms with Gasteiger partial charge in [0.2, 0.25) is 0 Å². The molecule has 0 fully saturated rings. The first kappa shape index (κ1) is 17.4. The first-order valence-corrected chi connectivity index (χ1v) is 7.44. The van der Waals surface area contributed by atoms with E-state index in [1.54, 1.807) is 11.1 Å². The second-order valence-electron chi connectivity index (χ2n) is 6.02. The van der Waals surface area contributed by atoms with Gasteiger partial charge in [0, 0.05) is 38.1 Å². The van der Waals surface area contributed by atoms with Crippen molar-refractivity contribution >= 4 is 6.09 Å². The Morgan fingerprint density at radius 2 is 2.19 bits per heavy atom. The van der Waals surface area contributed by atoms with E-state index < -0.39 is 5.60 Å². The number of ether oxygens (including phenoxy) is 1. The van der Waals surface area contributed by atoms with Crippen molar-refractivity contribution in [3.05, 3.63) is 30.1 Å². The van der Waals surface area contributed by atoms with Crippen molar-refractivity contribution in [2.24, 2.45) is 0 Å². The summed E-state index contributed by atoms with van der Waals surface area (Å²) in [6.45, 7) is 11.6. The Morgan fingerprint density at radius 1 is 1.48 bits per heavy atom. The van der Waals surface area contributed by atoms with Crippen LogP contribution in [0.1, 0.15) is 46.2 Å².